The van der Waals surface area contributed by atoms with E-state index < -0.39 is 0 Å². The summed E-state index contributed by atoms with van der Waals surface area (Å²) in [5.41, 5.74) is 0. The third-order valence-corrected chi connectivity index (χ3v) is 5.79. The van der Waals surface area contributed by atoms with Crippen molar-refractivity contribution in [1.82, 2.24) is 9.97 Å². The zero-order chi connectivity index (χ0) is 13.8. The van der Waals surface area contributed by atoms with E-state index in [1.165, 1.54) is 37.9 Å². The Morgan fingerprint density at radius 3 is 2.95 bits per heavy atom. The van der Waals surface area contributed by atoms with E-state index in [0.29, 0.717) is 17.2 Å². The van der Waals surface area contributed by atoms with Crippen molar-refractivity contribution in [3.63, 3.8) is 0 Å². The molecule has 1 saturated carbocycles. The van der Waals surface area contributed by atoms with E-state index in [1.54, 1.807) is 6.33 Å². The van der Waals surface area contributed by atoms with Crippen LogP contribution in [0.15, 0.2) is 12.4 Å². The lowest BCUT2D eigenvalue weighted by Gasteiger charge is -2.45. The lowest BCUT2D eigenvalue weighted by molar-refractivity contribution is 0.326. The summed E-state index contributed by atoms with van der Waals surface area (Å²) in [5.74, 6) is 2.91. The van der Waals surface area contributed by atoms with Gasteiger partial charge in [-0.15, -0.1) is 0 Å². The van der Waals surface area contributed by atoms with Crippen molar-refractivity contribution in [1.29, 1.82) is 0 Å². The number of rotatable bonds is 3. The third-order valence-electron chi connectivity index (χ3n) is 4.26. The van der Waals surface area contributed by atoms with E-state index in [0.717, 1.165) is 18.9 Å². The molecule has 1 spiro atoms. The van der Waals surface area contributed by atoms with Crippen molar-refractivity contribution in [2.45, 2.75) is 43.8 Å². The highest BCUT2D eigenvalue weighted by atomic mass is 32.2. The molecule has 1 aliphatic carbocycles. The average Bonchev–Trinajstić information content (AvgIpc) is 2.49. The van der Waals surface area contributed by atoms with Crippen LogP contribution in [-0.2, 0) is 0 Å². The van der Waals surface area contributed by atoms with Crippen molar-refractivity contribution in [3.05, 3.63) is 12.4 Å². The minimum atomic E-state index is 0.466. The first-order chi connectivity index (χ1) is 9.81. The monoisotopic (exact) mass is 293 g/mol. The SMILES string of the molecule is CCOc1cc(N2CCSC3(CCCCC3)C2)ncn1. The molecule has 110 valence electrons. The smallest absolute Gasteiger partial charge is 0.218 e. The molecule has 4 nitrogen and oxygen atoms in total. The zero-order valence-corrected chi connectivity index (χ0v) is 13.0. The maximum Gasteiger partial charge on any atom is 0.218 e. The van der Waals surface area contributed by atoms with Gasteiger partial charge in [0.2, 0.25) is 5.88 Å². The number of hydrogen-bond acceptors (Lipinski definition) is 5. The quantitative estimate of drug-likeness (QED) is 0.856. The van der Waals surface area contributed by atoms with Crippen LogP contribution in [0.4, 0.5) is 5.82 Å². The van der Waals surface area contributed by atoms with Gasteiger partial charge in [0.15, 0.2) is 0 Å². The van der Waals surface area contributed by atoms with Crippen LogP contribution in [-0.4, -0.2) is 40.2 Å². The summed E-state index contributed by atoms with van der Waals surface area (Å²) in [4.78, 5) is 11.0. The van der Waals surface area contributed by atoms with Crippen molar-refractivity contribution >= 4 is 17.6 Å². The molecular formula is C15H23N3OS. The molecule has 0 amide bonds. The second-order valence-electron chi connectivity index (χ2n) is 5.66. The molecular weight excluding hydrogens is 270 g/mol. The van der Waals surface area contributed by atoms with E-state index in [2.05, 4.69) is 26.6 Å². The van der Waals surface area contributed by atoms with Crippen LogP contribution in [0.5, 0.6) is 5.88 Å². The normalized spacial score (nSPS) is 21.9. The van der Waals surface area contributed by atoms with Crippen LogP contribution in [0.2, 0.25) is 0 Å². The molecule has 20 heavy (non-hydrogen) atoms. The summed E-state index contributed by atoms with van der Waals surface area (Å²) in [6.45, 7) is 4.84. The molecule has 1 aromatic rings. The number of ether oxygens (including phenoxy) is 1. The molecule has 5 heteroatoms. The molecule has 1 saturated heterocycles. The fraction of sp³-hybridized carbons (Fsp3) is 0.733. The molecule has 1 aromatic heterocycles. The van der Waals surface area contributed by atoms with Crippen LogP contribution in [0.1, 0.15) is 39.0 Å². The topological polar surface area (TPSA) is 38.2 Å². The minimum Gasteiger partial charge on any atom is -0.478 e. The van der Waals surface area contributed by atoms with Gasteiger partial charge < -0.3 is 9.64 Å². The Kier molecular flexibility index (Phi) is 4.34. The maximum atomic E-state index is 5.49. The third kappa shape index (κ3) is 3.03. The molecule has 0 unspecified atom stereocenters. The fourth-order valence-corrected chi connectivity index (χ4v) is 4.84. The molecule has 0 atom stereocenters. The van der Waals surface area contributed by atoms with Gasteiger partial charge in [-0.25, -0.2) is 9.97 Å². The maximum absolute atomic E-state index is 5.49. The molecule has 0 bridgehead atoms. The first-order valence-electron chi connectivity index (χ1n) is 7.65. The molecule has 1 aliphatic heterocycles. The van der Waals surface area contributed by atoms with Crippen LogP contribution in [0, 0.1) is 0 Å². The summed E-state index contributed by atoms with van der Waals surface area (Å²) in [5, 5.41) is 0. The number of nitrogens with zero attached hydrogens (tertiary/aromatic N) is 3. The van der Waals surface area contributed by atoms with Gasteiger partial charge in [0.1, 0.15) is 12.1 Å². The predicted octanol–water partition coefficient (Wildman–Crippen LogP) is 3.13. The number of anilines is 1. The van der Waals surface area contributed by atoms with Gasteiger partial charge in [-0.3, -0.25) is 0 Å². The van der Waals surface area contributed by atoms with Gasteiger partial charge >= 0.3 is 0 Å². The van der Waals surface area contributed by atoms with Gasteiger partial charge in [0.25, 0.3) is 0 Å². The molecule has 0 aromatic carbocycles. The lowest BCUT2D eigenvalue weighted by Crippen LogP contribution is -2.48. The van der Waals surface area contributed by atoms with E-state index in [-0.39, 0.29) is 0 Å². The van der Waals surface area contributed by atoms with Crippen molar-refractivity contribution in [2.24, 2.45) is 0 Å². The molecule has 2 heterocycles. The number of aromatic nitrogens is 2. The first kappa shape index (κ1) is 14.0. The van der Waals surface area contributed by atoms with E-state index in [4.69, 9.17) is 4.74 Å². The summed E-state index contributed by atoms with van der Waals surface area (Å²) in [7, 11) is 0. The van der Waals surface area contributed by atoms with Crippen LogP contribution >= 0.6 is 11.8 Å². The molecule has 2 aliphatic rings. The lowest BCUT2D eigenvalue weighted by atomic mass is 9.87. The second-order valence-corrected chi connectivity index (χ2v) is 7.22. The molecule has 3 rings (SSSR count). The Morgan fingerprint density at radius 2 is 2.15 bits per heavy atom. The van der Waals surface area contributed by atoms with Gasteiger partial charge in [0.05, 0.1) is 6.61 Å². The molecule has 2 fully saturated rings. The number of thioether (sulfide) groups is 1. The number of hydrogen-bond donors (Lipinski definition) is 0. The van der Waals surface area contributed by atoms with Gasteiger partial charge in [-0.1, -0.05) is 19.3 Å². The van der Waals surface area contributed by atoms with Crippen molar-refractivity contribution < 1.29 is 4.74 Å². The zero-order valence-electron chi connectivity index (χ0n) is 12.2. The largest absolute Gasteiger partial charge is 0.478 e. The molecule has 0 N–H and O–H groups in total. The standard InChI is InChI=1S/C15H23N3OS/c1-2-19-14-10-13(16-12-17-14)18-8-9-20-15(11-18)6-4-3-5-7-15/h10,12H,2-9,11H2,1H3. The Labute approximate surface area is 125 Å². The fourth-order valence-electron chi connectivity index (χ4n) is 3.27. The summed E-state index contributed by atoms with van der Waals surface area (Å²) in [6.07, 6.45) is 8.51. The van der Waals surface area contributed by atoms with E-state index in [9.17, 15) is 0 Å². The highest BCUT2D eigenvalue weighted by Gasteiger charge is 2.37. The minimum absolute atomic E-state index is 0.466. The average molecular weight is 293 g/mol. The molecule has 0 radical (unpaired) electrons. The van der Waals surface area contributed by atoms with Crippen molar-refractivity contribution in [2.75, 3.05) is 30.3 Å². The van der Waals surface area contributed by atoms with Gasteiger partial charge in [-0.05, 0) is 19.8 Å². The Balaban J connectivity index is 1.74. The Morgan fingerprint density at radius 1 is 1.30 bits per heavy atom. The van der Waals surface area contributed by atoms with E-state index in [1.807, 2.05) is 13.0 Å². The van der Waals surface area contributed by atoms with Gasteiger partial charge in [0, 0.05) is 29.7 Å². The second kappa shape index (κ2) is 6.20. The van der Waals surface area contributed by atoms with E-state index >= 15 is 0 Å². The Hall–Kier alpha value is -0.970. The Bertz CT molecular complexity index is 443. The first-order valence-corrected chi connectivity index (χ1v) is 8.64. The van der Waals surface area contributed by atoms with Gasteiger partial charge in [-0.2, -0.15) is 11.8 Å². The highest BCUT2D eigenvalue weighted by Crippen LogP contribution is 2.43. The highest BCUT2D eigenvalue weighted by molar-refractivity contribution is 8.00. The summed E-state index contributed by atoms with van der Waals surface area (Å²) in [6, 6.07) is 1.98. The summed E-state index contributed by atoms with van der Waals surface area (Å²) >= 11 is 2.18. The van der Waals surface area contributed by atoms with Crippen LogP contribution in [0.25, 0.3) is 0 Å². The van der Waals surface area contributed by atoms with Crippen molar-refractivity contribution in [3.8, 4) is 5.88 Å². The summed E-state index contributed by atoms with van der Waals surface area (Å²) < 4.78 is 5.96. The predicted molar refractivity (Wildman–Crippen MR) is 83.7 cm³/mol. The van der Waals surface area contributed by atoms with Crippen LogP contribution in [0.3, 0.4) is 0 Å². The van der Waals surface area contributed by atoms with Crippen LogP contribution < -0.4 is 9.64 Å².